The zero-order valence-electron chi connectivity index (χ0n) is 11.6. The molecule has 0 saturated heterocycles. The predicted octanol–water partition coefficient (Wildman–Crippen LogP) is 4.48. The number of para-hydroxylation sites is 1. The zero-order valence-corrected chi connectivity index (χ0v) is 11.6. The lowest BCUT2D eigenvalue weighted by molar-refractivity contribution is 0.162. The number of benzene rings is 2. The molecule has 0 N–H and O–H groups in total. The molecule has 0 heterocycles. The van der Waals surface area contributed by atoms with Gasteiger partial charge in [0.15, 0.2) is 0 Å². The van der Waals surface area contributed by atoms with Crippen molar-refractivity contribution >= 4 is 11.9 Å². The molecule has 0 aromatic heterocycles. The van der Waals surface area contributed by atoms with Gasteiger partial charge in [-0.25, -0.2) is 0 Å². The molecule has 0 radical (unpaired) electrons. The molecule has 2 aromatic carbocycles. The van der Waals surface area contributed by atoms with E-state index in [2.05, 4.69) is 4.99 Å². The maximum Gasteiger partial charge on any atom is 0.0629 e. The van der Waals surface area contributed by atoms with Gasteiger partial charge < -0.3 is 4.74 Å². The van der Waals surface area contributed by atoms with Crippen LogP contribution in [0.2, 0.25) is 0 Å². The van der Waals surface area contributed by atoms with E-state index in [1.807, 2.05) is 80.7 Å². The molecule has 0 bridgehead atoms. The minimum atomic E-state index is 0.844. The van der Waals surface area contributed by atoms with Crippen molar-refractivity contribution in [3.8, 4) is 0 Å². The maximum atomic E-state index is 4.83. The molecule has 0 atom stereocenters. The van der Waals surface area contributed by atoms with Gasteiger partial charge in [-0.05, 0) is 31.5 Å². The van der Waals surface area contributed by atoms with E-state index in [-0.39, 0.29) is 0 Å². The Bertz CT molecular complexity index is 408. The second-order valence-corrected chi connectivity index (χ2v) is 3.79. The molecule has 2 heteroatoms. The van der Waals surface area contributed by atoms with Crippen molar-refractivity contribution in [2.75, 3.05) is 13.2 Å². The van der Waals surface area contributed by atoms with E-state index in [0.717, 1.165) is 24.5 Å². The maximum absolute atomic E-state index is 4.83. The first-order valence-electron chi connectivity index (χ1n) is 6.58. The molecule has 2 rings (SSSR count). The molecule has 2 nitrogen and oxygen atoms in total. The van der Waals surface area contributed by atoms with Crippen molar-refractivity contribution < 1.29 is 4.74 Å². The third-order valence-electron chi connectivity index (χ3n) is 2.33. The third kappa shape index (κ3) is 7.17. The van der Waals surface area contributed by atoms with Crippen LogP contribution < -0.4 is 0 Å². The molecule has 19 heavy (non-hydrogen) atoms. The van der Waals surface area contributed by atoms with Crippen LogP contribution in [0.1, 0.15) is 19.4 Å². The summed E-state index contributed by atoms with van der Waals surface area (Å²) in [5.41, 5.74) is 2.10. The number of rotatable bonds is 4. The molecule has 100 valence electrons. The van der Waals surface area contributed by atoms with Crippen LogP contribution >= 0.6 is 0 Å². The lowest BCUT2D eigenvalue weighted by Crippen LogP contribution is -1.84. The van der Waals surface area contributed by atoms with E-state index in [0.29, 0.717) is 0 Å². The molecular formula is C17H21NO. The standard InChI is InChI=1S/C13H11N.C4H10O/c1-3-7-12(8-4-1)11-14-13-9-5-2-6-10-13;1-3-5-4-2/h1-11H;3-4H2,1-2H3/b14-11+;. The van der Waals surface area contributed by atoms with E-state index >= 15 is 0 Å². The summed E-state index contributed by atoms with van der Waals surface area (Å²) in [5.74, 6) is 0. The van der Waals surface area contributed by atoms with Gasteiger partial charge in [0.1, 0.15) is 0 Å². The van der Waals surface area contributed by atoms with Gasteiger partial charge in [-0.2, -0.15) is 0 Å². The largest absolute Gasteiger partial charge is 0.382 e. The molecule has 0 aliphatic carbocycles. The van der Waals surface area contributed by atoms with Crippen LogP contribution in [0.3, 0.4) is 0 Å². The molecule has 0 aliphatic heterocycles. The molecule has 0 spiro atoms. The quantitative estimate of drug-likeness (QED) is 0.738. The van der Waals surface area contributed by atoms with Gasteiger partial charge in [0, 0.05) is 19.4 Å². The lowest BCUT2D eigenvalue weighted by atomic mass is 10.2. The number of hydrogen-bond acceptors (Lipinski definition) is 2. The van der Waals surface area contributed by atoms with E-state index in [1.54, 1.807) is 0 Å². The van der Waals surface area contributed by atoms with E-state index in [9.17, 15) is 0 Å². The summed E-state index contributed by atoms with van der Waals surface area (Å²) < 4.78 is 4.83. The molecule has 0 fully saturated rings. The predicted molar refractivity (Wildman–Crippen MR) is 82.3 cm³/mol. The topological polar surface area (TPSA) is 21.6 Å². The van der Waals surface area contributed by atoms with Crippen molar-refractivity contribution in [2.45, 2.75) is 13.8 Å². The van der Waals surface area contributed by atoms with Crippen LogP contribution in [-0.2, 0) is 4.74 Å². The van der Waals surface area contributed by atoms with Gasteiger partial charge in [0.05, 0.1) is 5.69 Å². The normalized spacial score (nSPS) is 10.0. The van der Waals surface area contributed by atoms with Crippen molar-refractivity contribution in [2.24, 2.45) is 4.99 Å². The molecule has 0 amide bonds. The second-order valence-electron chi connectivity index (χ2n) is 3.79. The number of ether oxygens (including phenoxy) is 1. The van der Waals surface area contributed by atoms with E-state index in [1.165, 1.54) is 0 Å². The van der Waals surface area contributed by atoms with E-state index < -0.39 is 0 Å². The van der Waals surface area contributed by atoms with Crippen LogP contribution in [0.25, 0.3) is 0 Å². The van der Waals surface area contributed by atoms with Gasteiger partial charge in [-0.15, -0.1) is 0 Å². The molecular weight excluding hydrogens is 234 g/mol. The second kappa shape index (κ2) is 10.0. The summed E-state index contributed by atoms with van der Waals surface area (Å²) in [4.78, 5) is 4.35. The monoisotopic (exact) mass is 255 g/mol. The highest BCUT2D eigenvalue weighted by Crippen LogP contribution is 2.09. The Balaban J connectivity index is 0.000000312. The summed E-state index contributed by atoms with van der Waals surface area (Å²) in [6.45, 7) is 5.67. The van der Waals surface area contributed by atoms with Crippen molar-refractivity contribution in [3.63, 3.8) is 0 Å². The Morgan fingerprint density at radius 2 is 1.37 bits per heavy atom. The minimum Gasteiger partial charge on any atom is -0.382 e. The first-order valence-corrected chi connectivity index (χ1v) is 6.58. The number of nitrogens with zero attached hydrogens (tertiary/aromatic N) is 1. The minimum absolute atomic E-state index is 0.844. The van der Waals surface area contributed by atoms with Crippen LogP contribution in [0, 0.1) is 0 Å². The van der Waals surface area contributed by atoms with Gasteiger partial charge in [0.2, 0.25) is 0 Å². The Hall–Kier alpha value is -1.93. The van der Waals surface area contributed by atoms with Gasteiger partial charge in [-0.3, -0.25) is 4.99 Å². The van der Waals surface area contributed by atoms with Gasteiger partial charge in [-0.1, -0.05) is 48.5 Å². The SMILES string of the molecule is C(=N\c1ccccc1)/c1ccccc1.CCOCC. The first-order chi connectivity index (χ1) is 9.36. The first kappa shape index (κ1) is 15.1. The summed E-state index contributed by atoms with van der Waals surface area (Å²) in [6.07, 6.45) is 1.87. The number of aliphatic imine (C=N–C) groups is 1. The van der Waals surface area contributed by atoms with Crippen molar-refractivity contribution in [1.82, 2.24) is 0 Å². The molecule has 0 aliphatic rings. The van der Waals surface area contributed by atoms with Crippen LogP contribution in [0.5, 0.6) is 0 Å². The number of hydrogen-bond donors (Lipinski definition) is 0. The smallest absolute Gasteiger partial charge is 0.0629 e. The average Bonchev–Trinajstić information content (AvgIpc) is 2.49. The zero-order chi connectivity index (χ0) is 13.8. The Labute approximate surface area is 115 Å². The van der Waals surface area contributed by atoms with Gasteiger partial charge >= 0.3 is 0 Å². The Kier molecular flexibility index (Phi) is 7.99. The Morgan fingerprint density at radius 3 is 1.84 bits per heavy atom. The average molecular weight is 255 g/mol. The van der Waals surface area contributed by atoms with Crippen molar-refractivity contribution in [1.29, 1.82) is 0 Å². The fourth-order valence-electron chi connectivity index (χ4n) is 1.41. The highest BCUT2D eigenvalue weighted by atomic mass is 16.5. The summed E-state index contributed by atoms with van der Waals surface area (Å²) in [6, 6.07) is 20.0. The molecule has 0 saturated carbocycles. The Morgan fingerprint density at radius 1 is 0.842 bits per heavy atom. The highest BCUT2D eigenvalue weighted by Gasteiger charge is 1.85. The molecule has 2 aromatic rings. The highest BCUT2D eigenvalue weighted by molar-refractivity contribution is 5.81. The van der Waals surface area contributed by atoms with Gasteiger partial charge in [0.25, 0.3) is 0 Å². The van der Waals surface area contributed by atoms with Crippen LogP contribution in [0.4, 0.5) is 5.69 Å². The molecule has 0 unspecified atom stereocenters. The fourth-order valence-corrected chi connectivity index (χ4v) is 1.41. The summed E-state index contributed by atoms with van der Waals surface area (Å²) in [7, 11) is 0. The third-order valence-corrected chi connectivity index (χ3v) is 2.33. The lowest BCUT2D eigenvalue weighted by Gasteiger charge is -1.92. The summed E-state index contributed by atoms with van der Waals surface area (Å²) in [5, 5.41) is 0. The fraction of sp³-hybridized carbons (Fsp3) is 0.235. The summed E-state index contributed by atoms with van der Waals surface area (Å²) >= 11 is 0. The van der Waals surface area contributed by atoms with Crippen LogP contribution in [-0.4, -0.2) is 19.4 Å². The van der Waals surface area contributed by atoms with E-state index in [4.69, 9.17) is 4.74 Å². The van der Waals surface area contributed by atoms with Crippen LogP contribution in [0.15, 0.2) is 65.7 Å². The van der Waals surface area contributed by atoms with Crippen molar-refractivity contribution in [3.05, 3.63) is 66.2 Å².